The fraction of sp³-hybridized carbons (Fsp3) is 0.333. The summed E-state index contributed by atoms with van der Waals surface area (Å²) in [5.41, 5.74) is 2.70. The molecule has 2 heteroatoms. The summed E-state index contributed by atoms with van der Waals surface area (Å²) in [7, 11) is 2.02. The Morgan fingerprint density at radius 2 is 1.94 bits per heavy atom. The average Bonchev–Trinajstić information content (AvgIpc) is 2.90. The zero-order valence-electron chi connectivity index (χ0n) is 10.3. The molecule has 0 spiro atoms. The Morgan fingerprint density at radius 3 is 2.59 bits per heavy atom. The van der Waals surface area contributed by atoms with E-state index in [-0.39, 0.29) is 0 Å². The van der Waals surface area contributed by atoms with Crippen LogP contribution in [0.2, 0.25) is 0 Å². The molecule has 17 heavy (non-hydrogen) atoms. The van der Waals surface area contributed by atoms with Crippen LogP contribution < -0.4 is 5.32 Å². The van der Waals surface area contributed by atoms with Crippen LogP contribution in [0.25, 0.3) is 0 Å². The Bertz CT molecular complexity index is 406. The van der Waals surface area contributed by atoms with E-state index < -0.39 is 0 Å². The van der Waals surface area contributed by atoms with Gasteiger partial charge in [0.1, 0.15) is 0 Å². The first-order chi connectivity index (χ1) is 8.40. The van der Waals surface area contributed by atoms with Gasteiger partial charge in [-0.3, -0.25) is 0 Å². The first-order valence-electron chi connectivity index (χ1n) is 6.24. The van der Waals surface area contributed by atoms with Gasteiger partial charge >= 0.3 is 0 Å². The second-order valence-corrected chi connectivity index (χ2v) is 4.34. The summed E-state index contributed by atoms with van der Waals surface area (Å²) in [5, 5.41) is 3.36. The topological polar surface area (TPSA) is 27.8 Å². The predicted octanol–water partition coefficient (Wildman–Crippen LogP) is 3.30. The van der Waals surface area contributed by atoms with E-state index in [0.29, 0.717) is 6.04 Å². The highest BCUT2D eigenvalue weighted by Gasteiger charge is 2.08. The molecular formula is C15H20N2. The lowest BCUT2D eigenvalue weighted by molar-refractivity contribution is 0.517. The molecule has 90 valence electrons. The summed E-state index contributed by atoms with van der Waals surface area (Å²) in [4.78, 5) is 3.27. The van der Waals surface area contributed by atoms with Crippen LogP contribution in [0, 0.1) is 0 Å². The molecule has 2 aromatic rings. The van der Waals surface area contributed by atoms with Gasteiger partial charge in [-0.05, 0) is 44.0 Å². The van der Waals surface area contributed by atoms with Gasteiger partial charge in [0.15, 0.2) is 0 Å². The van der Waals surface area contributed by atoms with Crippen LogP contribution in [-0.2, 0) is 6.42 Å². The van der Waals surface area contributed by atoms with Gasteiger partial charge in [0, 0.05) is 17.9 Å². The lowest BCUT2D eigenvalue weighted by Crippen LogP contribution is -2.16. The van der Waals surface area contributed by atoms with E-state index >= 15 is 0 Å². The summed E-state index contributed by atoms with van der Waals surface area (Å²) in [6.07, 6.45) is 5.50. The molecule has 0 bridgehead atoms. The molecule has 0 aliphatic heterocycles. The van der Waals surface area contributed by atoms with Crippen molar-refractivity contribution >= 4 is 0 Å². The Kier molecular flexibility index (Phi) is 4.39. The highest BCUT2D eigenvalue weighted by atomic mass is 14.9. The van der Waals surface area contributed by atoms with Gasteiger partial charge < -0.3 is 10.3 Å². The molecule has 0 aliphatic carbocycles. The molecule has 2 N–H and O–H groups in total. The van der Waals surface area contributed by atoms with Gasteiger partial charge in [-0.2, -0.15) is 0 Å². The minimum Gasteiger partial charge on any atom is -0.364 e. The third-order valence-corrected chi connectivity index (χ3v) is 3.15. The van der Waals surface area contributed by atoms with Crippen LogP contribution in [0.3, 0.4) is 0 Å². The van der Waals surface area contributed by atoms with Crippen molar-refractivity contribution in [3.63, 3.8) is 0 Å². The number of aromatic amines is 1. The number of benzene rings is 1. The van der Waals surface area contributed by atoms with Crippen molar-refractivity contribution in [2.24, 2.45) is 0 Å². The van der Waals surface area contributed by atoms with Crippen molar-refractivity contribution in [2.75, 3.05) is 7.05 Å². The van der Waals surface area contributed by atoms with Crippen molar-refractivity contribution in [3.05, 3.63) is 59.9 Å². The van der Waals surface area contributed by atoms with Crippen molar-refractivity contribution in [2.45, 2.75) is 25.3 Å². The molecule has 0 amide bonds. The van der Waals surface area contributed by atoms with Crippen molar-refractivity contribution in [1.82, 2.24) is 10.3 Å². The number of aromatic nitrogens is 1. The third kappa shape index (κ3) is 3.46. The monoisotopic (exact) mass is 228 g/mol. The minimum atomic E-state index is 0.439. The Hall–Kier alpha value is -1.54. The predicted molar refractivity (Wildman–Crippen MR) is 72.0 cm³/mol. The molecular weight excluding hydrogens is 208 g/mol. The average molecular weight is 228 g/mol. The van der Waals surface area contributed by atoms with E-state index in [1.54, 1.807) is 0 Å². The first kappa shape index (κ1) is 11.9. The van der Waals surface area contributed by atoms with Gasteiger partial charge in [-0.1, -0.05) is 30.3 Å². The maximum atomic E-state index is 3.36. The van der Waals surface area contributed by atoms with E-state index in [2.05, 4.69) is 52.8 Å². The van der Waals surface area contributed by atoms with E-state index in [4.69, 9.17) is 0 Å². The zero-order chi connectivity index (χ0) is 11.9. The van der Waals surface area contributed by atoms with E-state index in [9.17, 15) is 0 Å². The lowest BCUT2D eigenvalue weighted by atomic mass is 10.0. The van der Waals surface area contributed by atoms with Crippen LogP contribution in [0.5, 0.6) is 0 Å². The Labute approximate surface area is 103 Å². The molecule has 0 radical (unpaired) electrons. The van der Waals surface area contributed by atoms with E-state index in [1.807, 2.05) is 13.2 Å². The van der Waals surface area contributed by atoms with Crippen LogP contribution >= 0.6 is 0 Å². The quantitative estimate of drug-likeness (QED) is 0.780. The largest absolute Gasteiger partial charge is 0.364 e. The highest BCUT2D eigenvalue weighted by molar-refractivity contribution is 5.15. The third-order valence-electron chi connectivity index (χ3n) is 3.15. The molecule has 1 unspecified atom stereocenters. The molecule has 0 aliphatic rings. The molecule has 0 saturated heterocycles. The maximum Gasteiger partial charge on any atom is 0.0470 e. The molecule has 0 fully saturated rings. The fourth-order valence-corrected chi connectivity index (χ4v) is 2.17. The summed E-state index contributed by atoms with van der Waals surface area (Å²) in [5.74, 6) is 0. The molecule has 0 saturated carbocycles. The van der Waals surface area contributed by atoms with Gasteiger partial charge in [0.2, 0.25) is 0 Å². The number of hydrogen-bond donors (Lipinski definition) is 2. The van der Waals surface area contributed by atoms with Crippen molar-refractivity contribution in [3.8, 4) is 0 Å². The van der Waals surface area contributed by atoms with Crippen LogP contribution in [0.15, 0.2) is 48.7 Å². The summed E-state index contributed by atoms with van der Waals surface area (Å²) in [6, 6.07) is 15.3. The molecule has 1 aromatic heterocycles. The Morgan fingerprint density at radius 1 is 1.12 bits per heavy atom. The summed E-state index contributed by atoms with van der Waals surface area (Å²) < 4.78 is 0. The number of nitrogens with one attached hydrogen (secondary N) is 2. The molecule has 1 atom stereocenters. The van der Waals surface area contributed by atoms with Crippen LogP contribution in [0.4, 0.5) is 0 Å². The standard InChI is InChI=1S/C15H20N2/c1-16-14(15-11-6-12-17-15)10-5-9-13-7-3-2-4-8-13/h2-4,6-8,11-12,14,16-17H,5,9-10H2,1H3. The molecule has 1 heterocycles. The molecule has 1 aromatic carbocycles. The first-order valence-corrected chi connectivity index (χ1v) is 6.24. The second-order valence-electron chi connectivity index (χ2n) is 4.34. The zero-order valence-corrected chi connectivity index (χ0v) is 10.3. The smallest absolute Gasteiger partial charge is 0.0470 e. The summed E-state index contributed by atoms with van der Waals surface area (Å²) in [6.45, 7) is 0. The Balaban J connectivity index is 1.81. The number of aryl methyl sites for hydroxylation is 1. The number of H-pyrrole nitrogens is 1. The van der Waals surface area contributed by atoms with Gasteiger partial charge in [-0.15, -0.1) is 0 Å². The maximum absolute atomic E-state index is 3.36. The fourth-order valence-electron chi connectivity index (χ4n) is 2.17. The minimum absolute atomic E-state index is 0.439. The second kappa shape index (κ2) is 6.26. The van der Waals surface area contributed by atoms with Gasteiger partial charge in [0.25, 0.3) is 0 Å². The van der Waals surface area contributed by atoms with Crippen molar-refractivity contribution < 1.29 is 0 Å². The summed E-state index contributed by atoms with van der Waals surface area (Å²) >= 11 is 0. The normalized spacial score (nSPS) is 12.5. The van der Waals surface area contributed by atoms with Crippen LogP contribution in [0.1, 0.15) is 30.1 Å². The van der Waals surface area contributed by atoms with Crippen LogP contribution in [-0.4, -0.2) is 12.0 Å². The van der Waals surface area contributed by atoms with E-state index in [0.717, 1.165) is 12.8 Å². The lowest BCUT2D eigenvalue weighted by Gasteiger charge is -2.14. The van der Waals surface area contributed by atoms with Gasteiger partial charge in [-0.25, -0.2) is 0 Å². The molecule has 2 nitrogen and oxygen atoms in total. The SMILES string of the molecule is CNC(CCCc1ccccc1)c1ccc[nH]1. The highest BCUT2D eigenvalue weighted by Crippen LogP contribution is 2.17. The van der Waals surface area contributed by atoms with Gasteiger partial charge in [0.05, 0.1) is 0 Å². The number of rotatable bonds is 6. The number of hydrogen-bond acceptors (Lipinski definition) is 1. The molecule has 2 rings (SSSR count). The van der Waals surface area contributed by atoms with Crippen molar-refractivity contribution in [1.29, 1.82) is 0 Å². The van der Waals surface area contributed by atoms with E-state index in [1.165, 1.54) is 17.7 Å².